The topological polar surface area (TPSA) is 204 Å². The highest BCUT2D eigenvalue weighted by Gasteiger charge is 2.34. The molecule has 0 bridgehead atoms. The fourth-order valence-electron chi connectivity index (χ4n) is 2.69. The quantitative estimate of drug-likeness (QED) is 0.107. The van der Waals surface area contributed by atoms with Crippen molar-refractivity contribution in [3.05, 3.63) is 59.5 Å². The van der Waals surface area contributed by atoms with Crippen LogP contribution in [-0.2, 0) is 29.6 Å². The summed E-state index contributed by atoms with van der Waals surface area (Å²) >= 11 is 67.2. The predicted molar refractivity (Wildman–Crippen MR) is 190 cm³/mol. The van der Waals surface area contributed by atoms with Crippen molar-refractivity contribution in [3.8, 4) is 11.4 Å². The highest BCUT2D eigenvalue weighted by molar-refractivity contribution is 6.68. The number of halogens is 12. The van der Waals surface area contributed by atoms with Crippen molar-refractivity contribution in [2.24, 2.45) is 15.0 Å². The molecule has 0 aliphatic rings. The van der Waals surface area contributed by atoms with Crippen LogP contribution in [0, 0.1) is 6.92 Å². The number of hydrogen-bond donors (Lipinski definition) is 0. The third kappa shape index (κ3) is 14.8. The zero-order valence-corrected chi connectivity index (χ0v) is 32.6. The Kier molecular flexibility index (Phi) is 16.8. The van der Waals surface area contributed by atoms with Crippen LogP contribution in [0.25, 0.3) is 11.4 Å². The van der Waals surface area contributed by atoms with Crippen molar-refractivity contribution < 1.29 is 14.4 Å². The van der Waals surface area contributed by atoms with Gasteiger partial charge in [0.15, 0.2) is 29.1 Å². The van der Waals surface area contributed by atoms with Crippen molar-refractivity contribution in [1.29, 1.82) is 0 Å². The number of alkyl halides is 12. The van der Waals surface area contributed by atoms with Crippen LogP contribution in [0.15, 0.2) is 45.3 Å². The maximum absolute atomic E-state index is 10.3. The second kappa shape index (κ2) is 19.1. The fourth-order valence-corrected chi connectivity index (χ4v) is 3.71. The smallest absolute Gasteiger partial charge is 0.213 e. The SMILES string of the molecule is Cc1nc(N=C=O)nc(C(Cl)(Cl)Cl)n1.O=C=Nc1nc(-c2ccccc2)nc(C(Cl)(Cl)Cl)n1.O=C=Nc1nc(C(Cl)(Cl)Cl)nc(C(Cl)(Cl)Cl)n1. The molecule has 0 aliphatic heterocycles. The van der Waals surface area contributed by atoms with Crippen LogP contribution >= 0.6 is 139 Å². The van der Waals surface area contributed by atoms with Gasteiger partial charge in [0.25, 0.3) is 17.8 Å². The van der Waals surface area contributed by atoms with Crippen LogP contribution in [0.3, 0.4) is 0 Å². The summed E-state index contributed by atoms with van der Waals surface area (Å²) < 4.78 is -7.54. The monoisotopic (exact) mass is 920 g/mol. The number of benzene rings is 1. The van der Waals surface area contributed by atoms with Gasteiger partial charge in [0, 0.05) is 5.56 Å². The molecule has 0 radical (unpaired) electrons. The molecule has 0 unspecified atom stereocenters. The lowest BCUT2D eigenvalue weighted by Crippen LogP contribution is -2.15. The molecule has 0 amide bonds. The van der Waals surface area contributed by atoms with Gasteiger partial charge in [0.2, 0.25) is 33.4 Å². The van der Waals surface area contributed by atoms with Crippen molar-refractivity contribution >= 4 is 175 Å². The number of aryl methyl sites for hydroxylation is 1. The van der Waals surface area contributed by atoms with Gasteiger partial charge in [-0.1, -0.05) is 170 Å². The molecule has 1 aromatic carbocycles. The zero-order valence-electron chi connectivity index (χ0n) is 23.5. The third-order valence-corrected chi connectivity index (χ3v) is 6.49. The fraction of sp³-hybridized carbons (Fsp3) is 0.217. The van der Waals surface area contributed by atoms with E-state index in [0.29, 0.717) is 11.4 Å². The van der Waals surface area contributed by atoms with Crippen LogP contribution in [0.2, 0.25) is 0 Å². The number of aliphatic imine (C=N–C) groups is 3. The number of carbonyl (C=O) groups excluding carboxylic acids is 3. The molecule has 27 heteroatoms. The Morgan fingerprint density at radius 3 is 1.18 bits per heavy atom. The molecule has 0 atom stereocenters. The minimum Gasteiger partial charge on any atom is -0.213 e. The summed E-state index contributed by atoms with van der Waals surface area (Å²) in [6.45, 7) is 1.56. The highest BCUT2D eigenvalue weighted by atomic mass is 35.6. The lowest BCUT2D eigenvalue weighted by Gasteiger charge is -2.13. The van der Waals surface area contributed by atoms with Gasteiger partial charge in [-0.05, 0) is 6.92 Å². The van der Waals surface area contributed by atoms with Crippen molar-refractivity contribution in [2.75, 3.05) is 0 Å². The molecule has 0 fully saturated rings. The third-order valence-electron chi connectivity index (χ3n) is 4.47. The normalized spacial score (nSPS) is 11.3. The largest absolute Gasteiger partial charge is 0.264 e. The maximum Gasteiger partial charge on any atom is 0.264 e. The van der Waals surface area contributed by atoms with E-state index in [2.05, 4.69) is 59.8 Å². The van der Waals surface area contributed by atoms with Crippen molar-refractivity contribution in [3.63, 3.8) is 0 Å². The van der Waals surface area contributed by atoms with Gasteiger partial charge in [-0.15, -0.1) is 15.0 Å². The van der Waals surface area contributed by atoms with Crippen molar-refractivity contribution in [1.82, 2.24) is 44.9 Å². The Balaban J connectivity index is 0.000000263. The summed E-state index contributed by atoms with van der Waals surface area (Å²) in [7, 11) is 0. The number of isocyanates is 3. The summed E-state index contributed by atoms with van der Waals surface area (Å²) in [6, 6.07) is 8.98. The number of hydrogen-bond acceptors (Lipinski definition) is 15. The van der Waals surface area contributed by atoms with Gasteiger partial charge in [-0.2, -0.15) is 29.9 Å². The Morgan fingerprint density at radius 2 is 0.800 bits per heavy atom. The van der Waals surface area contributed by atoms with Crippen LogP contribution in [-0.4, -0.2) is 63.1 Å². The molecule has 0 saturated heterocycles. The first-order valence-electron chi connectivity index (χ1n) is 11.9. The molecule has 0 N–H and O–H groups in total. The summed E-state index contributed by atoms with van der Waals surface area (Å²) in [4.78, 5) is 73.8. The second-order valence-electron chi connectivity index (χ2n) is 8.04. The van der Waals surface area contributed by atoms with Gasteiger partial charge in [0.1, 0.15) is 5.82 Å². The van der Waals surface area contributed by atoms with Crippen LogP contribution in [0.5, 0.6) is 0 Å². The van der Waals surface area contributed by atoms with Crippen LogP contribution < -0.4 is 0 Å². The van der Waals surface area contributed by atoms with E-state index in [1.807, 2.05) is 6.07 Å². The Labute approximate surface area is 339 Å². The average molecular weight is 926 g/mol. The molecule has 4 aromatic rings. The minimum absolute atomic E-state index is 0.0796. The van der Waals surface area contributed by atoms with E-state index in [9.17, 15) is 14.4 Å². The summed E-state index contributed by atoms with van der Waals surface area (Å²) in [6.07, 6.45) is 3.82. The molecule has 4 rings (SSSR count). The standard InChI is InChI=1S/C11H5Cl3N4O.C6Cl6N4O.C6H3Cl3N4O/c12-11(13,14)9-16-8(7-4-2-1-3-5-7)17-10(18-9)15-6-19;7-5(8,9)2-14-3(6(10,11)12)16-4(15-2)13-1-17;1-3-11-4(6(7,8)9)13-5(12-3)10-2-14/h1-5H;;1H3. The van der Waals surface area contributed by atoms with E-state index in [0.717, 1.165) is 0 Å². The minimum atomic E-state index is -1.97. The Bertz CT molecular complexity index is 1920. The first kappa shape index (κ1) is 44.0. The summed E-state index contributed by atoms with van der Waals surface area (Å²) in [5.74, 6) is -0.956. The Morgan fingerprint density at radius 1 is 0.460 bits per heavy atom. The predicted octanol–water partition coefficient (Wildman–Crippen LogP) is 8.80. The lowest BCUT2D eigenvalue weighted by atomic mass is 10.2. The number of rotatable bonds is 4. The second-order valence-corrected chi connectivity index (χ2v) is 17.2. The van der Waals surface area contributed by atoms with Crippen molar-refractivity contribution in [2.45, 2.75) is 22.1 Å². The average Bonchev–Trinajstić information content (AvgIpc) is 3.00. The molecular weight excluding hydrogens is 918 g/mol. The molecule has 0 aliphatic carbocycles. The van der Waals surface area contributed by atoms with E-state index in [1.54, 1.807) is 31.2 Å². The van der Waals surface area contributed by atoms with Gasteiger partial charge in [-0.25, -0.2) is 29.3 Å². The van der Waals surface area contributed by atoms with Crippen LogP contribution in [0.4, 0.5) is 17.8 Å². The zero-order chi connectivity index (χ0) is 37.9. The maximum atomic E-state index is 10.3. The molecule has 50 heavy (non-hydrogen) atoms. The van der Waals surface area contributed by atoms with E-state index >= 15 is 0 Å². The van der Waals surface area contributed by atoms with E-state index < -0.39 is 15.2 Å². The highest BCUT2D eigenvalue weighted by Crippen LogP contribution is 2.41. The Hall–Kier alpha value is -2.13. The summed E-state index contributed by atoms with van der Waals surface area (Å²) in [5, 5.41) is 0. The molecular formula is C23H8Cl12N12O3. The first-order valence-corrected chi connectivity index (χ1v) is 16.4. The van der Waals surface area contributed by atoms with E-state index in [4.69, 9.17) is 139 Å². The van der Waals surface area contributed by atoms with Gasteiger partial charge in [-0.3, -0.25) is 0 Å². The number of nitrogens with zero attached hydrogens (tertiary/aromatic N) is 12. The number of aromatic nitrogens is 9. The lowest BCUT2D eigenvalue weighted by molar-refractivity contribution is 0.564. The molecule has 15 nitrogen and oxygen atoms in total. The van der Waals surface area contributed by atoms with Gasteiger partial charge in [0.05, 0.1) is 0 Å². The van der Waals surface area contributed by atoms with Gasteiger partial charge < -0.3 is 0 Å². The van der Waals surface area contributed by atoms with E-state index in [-0.39, 0.29) is 47.0 Å². The molecule has 0 spiro atoms. The van der Waals surface area contributed by atoms with Gasteiger partial charge >= 0.3 is 0 Å². The molecule has 262 valence electrons. The summed E-state index contributed by atoms with van der Waals surface area (Å²) in [5.41, 5.74) is 0.683. The van der Waals surface area contributed by atoms with E-state index in [1.165, 1.54) is 18.2 Å². The first-order chi connectivity index (χ1) is 23.1. The molecule has 3 aromatic heterocycles. The molecule has 0 saturated carbocycles. The van der Waals surface area contributed by atoms with Crippen LogP contribution in [0.1, 0.15) is 29.1 Å². The molecule has 3 heterocycles.